The fourth-order valence-corrected chi connectivity index (χ4v) is 2.19. The Kier molecular flexibility index (Phi) is 3.27. The van der Waals surface area contributed by atoms with Crippen LogP contribution in [0.25, 0.3) is 16.9 Å². The molecule has 4 nitrogen and oxygen atoms in total. The maximum absolute atomic E-state index is 12.5. The highest BCUT2D eigenvalue weighted by molar-refractivity contribution is 5.67. The van der Waals surface area contributed by atoms with E-state index in [1.165, 1.54) is 18.2 Å². The lowest BCUT2D eigenvalue weighted by atomic mass is 10.1. The molecule has 1 aromatic carbocycles. The van der Waals surface area contributed by atoms with Gasteiger partial charge in [-0.15, -0.1) is 13.2 Å². The lowest BCUT2D eigenvalue weighted by Gasteiger charge is -2.12. The molecule has 0 aliphatic carbocycles. The lowest BCUT2D eigenvalue weighted by molar-refractivity contribution is -0.274. The number of aromatic nitrogens is 3. The minimum atomic E-state index is -4.75. The molecule has 2 aromatic heterocycles. The van der Waals surface area contributed by atoms with Crippen LogP contribution in [-0.2, 0) is 0 Å². The smallest absolute Gasteiger partial charge is 0.405 e. The third-order valence-corrected chi connectivity index (χ3v) is 3.33. The van der Waals surface area contributed by atoms with Gasteiger partial charge in [-0.3, -0.25) is 0 Å². The third kappa shape index (κ3) is 2.61. The average molecular weight is 307 g/mol. The summed E-state index contributed by atoms with van der Waals surface area (Å²) in [6.07, 6.45) is -4.75. The molecule has 3 aromatic rings. The van der Waals surface area contributed by atoms with Crippen LogP contribution in [0.15, 0.2) is 36.4 Å². The van der Waals surface area contributed by atoms with Crippen LogP contribution < -0.4 is 4.74 Å². The minimum absolute atomic E-state index is 0.271. The van der Waals surface area contributed by atoms with E-state index in [2.05, 4.69) is 14.8 Å². The molecule has 114 valence electrons. The number of nitrogens with zero attached hydrogens (tertiary/aromatic N) is 3. The van der Waals surface area contributed by atoms with Crippen LogP contribution in [0.2, 0.25) is 0 Å². The van der Waals surface area contributed by atoms with E-state index < -0.39 is 6.36 Å². The number of hydrogen-bond acceptors (Lipinski definition) is 3. The second-order valence-corrected chi connectivity index (χ2v) is 4.82. The Balaban J connectivity index is 2.13. The molecule has 22 heavy (non-hydrogen) atoms. The van der Waals surface area contributed by atoms with Gasteiger partial charge in [-0.1, -0.05) is 12.1 Å². The number of alkyl halides is 3. The van der Waals surface area contributed by atoms with E-state index in [0.717, 1.165) is 11.4 Å². The molecule has 0 radical (unpaired) electrons. The molecule has 0 atom stereocenters. The summed E-state index contributed by atoms with van der Waals surface area (Å²) < 4.78 is 43.2. The van der Waals surface area contributed by atoms with Crippen molar-refractivity contribution < 1.29 is 17.9 Å². The normalized spacial score (nSPS) is 11.9. The van der Waals surface area contributed by atoms with Gasteiger partial charge in [0.1, 0.15) is 5.75 Å². The maximum atomic E-state index is 12.5. The number of aryl methyl sites for hydroxylation is 2. The zero-order valence-electron chi connectivity index (χ0n) is 11.8. The first-order valence-electron chi connectivity index (χ1n) is 6.53. The molecule has 0 bridgehead atoms. The van der Waals surface area contributed by atoms with Gasteiger partial charge in [0.05, 0.1) is 17.1 Å². The first-order valence-corrected chi connectivity index (χ1v) is 6.53. The van der Waals surface area contributed by atoms with Gasteiger partial charge in [0.15, 0.2) is 5.65 Å². The van der Waals surface area contributed by atoms with E-state index in [1.54, 1.807) is 22.7 Å². The number of benzene rings is 1. The van der Waals surface area contributed by atoms with Gasteiger partial charge in [0.25, 0.3) is 0 Å². The van der Waals surface area contributed by atoms with Crippen molar-refractivity contribution in [2.45, 2.75) is 20.2 Å². The Morgan fingerprint density at radius 2 is 1.77 bits per heavy atom. The quantitative estimate of drug-likeness (QED) is 0.720. The number of halogens is 3. The zero-order valence-corrected chi connectivity index (χ0v) is 11.8. The number of imidazole rings is 1. The van der Waals surface area contributed by atoms with Gasteiger partial charge >= 0.3 is 6.36 Å². The summed E-state index contributed by atoms with van der Waals surface area (Å²) >= 11 is 0. The van der Waals surface area contributed by atoms with Crippen molar-refractivity contribution >= 4 is 5.65 Å². The molecule has 0 aliphatic heterocycles. The standard InChI is InChI=1S/C15H12F3N3O/c1-9-10(2)21-14(19-9)8-7-12(20-21)11-5-3-4-6-13(11)22-15(16,17)18/h3-8H,1-2H3. The second-order valence-electron chi connectivity index (χ2n) is 4.82. The Morgan fingerprint density at radius 1 is 1.05 bits per heavy atom. The Labute approximate surface area is 124 Å². The highest BCUT2D eigenvalue weighted by atomic mass is 19.4. The van der Waals surface area contributed by atoms with E-state index in [0.29, 0.717) is 11.3 Å². The molecule has 0 saturated carbocycles. The molecule has 0 saturated heterocycles. The first-order chi connectivity index (χ1) is 10.3. The van der Waals surface area contributed by atoms with E-state index in [1.807, 2.05) is 13.8 Å². The van der Waals surface area contributed by atoms with Crippen LogP contribution >= 0.6 is 0 Å². The SMILES string of the molecule is Cc1nc2ccc(-c3ccccc3OC(F)(F)F)nn2c1C. The molecule has 0 amide bonds. The topological polar surface area (TPSA) is 39.4 Å². The lowest BCUT2D eigenvalue weighted by Crippen LogP contribution is -2.17. The molecule has 3 rings (SSSR count). The van der Waals surface area contributed by atoms with Crippen molar-refractivity contribution in [1.29, 1.82) is 0 Å². The van der Waals surface area contributed by atoms with Gasteiger partial charge < -0.3 is 4.74 Å². The summed E-state index contributed by atoms with van der Waals surface area (Å²) in [4.78, 5) is 4.32. The molecule has 0 fully saturated rings. The van der Waals surface area contributed by atoms with Gasteiger partial charge in [-0.2, -0.15) is 5.10 Å². The molecule has 0 N–H and O–H groups in total. The largest absolute Gasteiger partial charge is 0.573 e. The fraction of sp³-hybridized carbons (Fsp3) is 0.200. The van der Waals surface area contributed by atoms with Crippen molar-refractivity contribution in [3.63, 3.8) is 0 Å². The van der Waals surface area contributed by atoms with Crippen molar-refractivity contribution in [2.75, 3.05) is 0 Å². The number of rotatable bonds is 2. The summed E-state index contributed by atoms with van der Waals surface area (Å²) in [7, 11) is 0. The van der Waals surface area contributed by atoms with Crippen molar-refractivity contribution in [1.82, 2.24) is 14.6 Å². The van der Waals surface area contributed by atoms with Crippen LogP contribution in [0, 0.1) is 13.8 Å². The molecule has 0 unspecified atom stereocenters. The molecule has 0 aliphatic rings. The van der Waals surface area contributed by atoms with E-state index in [9.17, 15) is 13.2 Å². The average Bonchev–Trinajstić information content (AvgIpc) is 2.73. The van der Waals surface area contributed by atoms with Crippen molar-refractivity contribution in [3.05, 3.63) is 47.8 Å². The van der Waals surface area contributed by atoms with Gasteiger partial charge in [0, 0.05) is 5.56 Å². The molecule has 0 spiro atoms. The van der Waals surface area contributed by atoms with Gasteiger partial charge in [-0.05, 0) is 38.1 Å². The Morgan fingerprint density at radius 3 is 2.50 bits per heavy atom. The highest BCUT2D eigenvalue weighted by Crippen LogP contribution is 2.32. The van der Waals surface area contributed by atoms with Gasteiger partial charge in [-0.25, -0.2) is 9.50 Å². The first kappa shape index (κ1) is 14.4. The van der Waals surface area contributed by atoms with Crippen LogP contribution in [0.4, 0.5) is 13.2 Å². The Hall–Kier alpha value is -2.57. The summed E-state index contributed by atoms with van der Waals surface area (Å²) in [6.45, 7) is 3.70. The van der Waals surface area contributed by atoms with E-state index in [-0.39, 0.29) is 11.3 Å². The van der Waals surface area contributed by atoms with Crippen LogP contribution in [-0.4, -0.2) is 21.0 Å². The summed E-state index contributed by atoms with van der Waals surface area (Å²) in [5.41, 5.74) is 2.96. The number of ether oxygens (including phenoxy) is 1. The summed E-state index contributed by atoms with van der Waals surface area (Å²) in [6, 6.07) is 9.26. The van der Waals surface area contributed by atoms with Crippen molar-refractivity contribution in [2.24, 2.45) is 0 Å². The van der Waals surface area contributed by atoms with Crippen LogP contribution in [0.5, 0.6) is 5.75 Å². The summed E-state index contributed by atoms with van der Waals surface area (Å²) in [5.74, 6) is -0.281. The summed E-state index contributed by atoms with van der Waals surface area (Å²) in [5, 5.41) is 4.36. The molecular formula is C15H12F3N3O. The molecule has 2 heterocycles. The highest BCUT2D eigenvalue weighted by Gasteiger charge is 2.32. The number of fused-ring (bicyclic) bond motifs is 1. The van der Waals surface area contributed by atoms with Crippen molar-refractivity contribution in [3.8, 4) is 17.0 Å². The van der Waals surface area contributed by atoms with E-state index in [4.69, 9.17) is 0 Å². The second kappa shape index (κ2) is 5.01. The minimum Gasteiger partial charge on any atom is -0.405 e. The maximum Gasteiger partial charge on any atom is 0.573 e. The number of para-hydroxylation sites is 1. The fourth-order valence-electron chi connectivity index (χ4n) is 2.19. The monoisotopic (exact) mass is 307 g/mol. The predicted molar refractivity (Wildman–Crippen MR) is 74.6 cm³/mol. The predicted octanol–water partition coefficient (Wildman–Crippen LogP) is 3.91. The molecule has 7 heteroatoms. The van der Waals surface area contributed by atoms with Crippen LogP contribution in [0.3, 0.4) is 0 Å². The zero-order chi connectivity index (χ0) is 15.9. The van der Waals surface area contributed by atoms with E-state index >= 15 is 0 Å². The third-order valence-electron chi connectivity index (χ3n) is 3.33. The Bertz CT molecular complexity index is 840. The van der Waals surface area contributed by atoms with Gasteiger partial charge in [0.2, 0.25) is 0 Å². The molecular weight excluding hydrogens is 295 g/mol. The van der Waals surface area contributed by atoms with Crippen LogP contribution in [0.1, 0.15) is 11.4 Å². The number of hydrogen-bond donors (Lipinski definition) is 0.